The highest BCUT2D eigenvalue weighted by atomic mass is 16.5. The molecule has 0 unspecified atom stereocenters. The Hall–Kier alpha value is -2.50. The number of piperidine rings is 1. The van der Waals surface area contributed by atoms with Crippen molar-refractivity contribution in [1.82, 2.24) is 15.0 Å². The van der Waals surface area contributed by atoms with Crippen LogP contribution in [0.2, 0.25) is 0 Å². The highest BCUT2D eigenvalue weighted by Crippen LogP contribution is 2.34. The SMILES string of the molecule is C/N=C\c1ccc(-c2nc(C3CCN(C(=O)CC4CC4)CC3)no2)cc1C. The first-order chi connectivity index (χ1) is 13.1. The number of amides is 1. The number of aliphatic imine (C=N–C) groups is 1. The van der Waals surface area contributed by atoms with Crippen molar-refractivity contribution in [2.75, 3.05) is 20.1 Å². The van der Waals surface area contributed by atoms with Gasteiger partial charge in [0.1, 0.15) is 0 Å². The van der Waals surface area contributed by atoms with Gasteiger partial charge in [0, 0.05) is 44.3 Å². The number of rotatable bonds is 5. The topological polar surface area (TPSA) is 71.6 Å². The van der Waals surface area contributed by atoms with Gasteiger partial charge in [-0.25, -0.2) is 0 Å². The lowest BCUT2D eigenvalue weighted by Gasteiger charge is -2.30. The number of nitrogens with zero attached hydrogens (tertiary/aromatic N) is 4. The van der Waals surface area contributed by atoms with Gasteiger partial charge in [0.25, 0.3) is 5.89 Å². The van der Waals surface area contributed by atoms with E-state index in [-0.39, 0.29) is 5.92 Å². The number of hydrogen-bond acceptors (Lipinski definition) is 5. The van der Waals surface area contributed by atoms with Crippen LogP contribution in [0.4, 0.5) is 0 Å². The van der Waals surface area contributed by atoms with E-state index in [2.05, 4.69) is 15.1 Å². The molecular formula is C21H26N4O2. The van der Waals surface area contributed by atoms with E-state index >= 15 is 0 Å². The Morgan fingerprint density at radius 2 is 2.07 bits per heavy atom. The molecule has 1 aromatic carbocycles. The Kier molecular flexibility index (Phi) is 5.05. The predicted molar refractivity (Wildman–Crippen MR) is 104 cm³/mol. The summed E-state index contributed by atoms with van der Waals surface area (Å²) in [5.41, 5.74) is 3.14. The van der Waals surface area contributed by atoms with Gasteiger partial charge >= 0.3 is 0 Å². The molecule has 0 bridgehead atoms. The second-order valence-electron chi connectivity index (χ2n) is 7.72. The molecule has 2 aliphatic rings. The summed E-state index contributed by atoms with van der Waals surface area (Å²) in [6.45, 7) is 3.64. The summed E-state index contributed by atoms with van der Waals surface area (Å²) < 4.78 is 5.52. The summed E-state index contributed by atoms with van der Waals surface area (Å²) in [7, 11) is 1.77. The molecule has 1 aromatic heterocycles. The number of carbonyl (C=O) groups excluding carboxylic acids is 1. The third-order valence-corrected chi connectivity index (χ3v) is 5.60. The zero-order valence-corrected chi connectivity index (χ0v) is 16.0. The van der Waals surface area contributed by atoms with Crippen LogP contribution in [-0.2, 0) is 4.79 Å². The third-order valence-electron chi connectivity index (χ3n) is 5.60. The normalized spacial score (nSPS) is 18.4. The largest absolute Gasteiger partial charge is 0.343 e. The summed E-state index contributed by atoms with van der Waals surface area (Å²) in [4.78, 5) is 23.0. The molecule has 1 saturated heterocycles. The zero-order valence-electron chi connectivity index (χ0n) is 16.0. The molecule has 0 spiro atoms. The van der Waals surface area contributed by atoms with Gasteiger partial charge in [-0.05, 0) is 61.8 Å². The molecule has 2 aromatic rings. The monoisotopic (exact) mass is 366 g/mol. The fraction of sp³-hybridized carbons (Fsp3) is 0.524. The van der Waals surface area contributed by atoms with Gasteiger partial charge in [-0.1, -0.05) is 11.2 Å². The summed E-state index contributed by atoms with van der Waals surface area (Å²) in [5, 5.41) is 4.22. The summed E-state index contributed by atoms with van der Waals surface area (Å²) in [6.07, 6.45) is 6.82. The fourth-order valence-corrected chi connectivity index (χ4v) is 3.70. The average molecular weight is 366 g/mol. The van der Waals surface area contributed by atoms with E-state index in [1.807, 2.05) is 36.2 Å². The first kappa shape index (κ1) is 17.9. The third kappa shape index (κ3) is 4.10. The van der Waals surface area contributed by atoms with E-state index in [4.69, 9.17) is 4.52 Å². The molecule has 1 aliphatic carbocycles. The van der Waals surface area contributed by atoms with Crippen molar-refractivity contribution in [3.05, 3.63) is 35.2 Å². The molecule has 142 valence electrons. The molecular weight excluding hydrogens is 340 g/mol. The number of benzene rings is 1. The Morgan fingerprint density at radius 1 is 1.30 bits per heavy atom. The lowest BCUT2D eigenvalue weighted by Crippen LogP contribution is -2.38. The molecule has 27 heavy (non-hydrogen) atoms. The number of aromatic nitrogens is 2. The van der Waals surface area contributed by atoms with E-state index in [1.165, 1.54) is 12.8 Å². The van der Waals surface area contributed by atoms with Crippen LogP contribution in [0.25, 0.3) is 11.5 Å². The van der Waals surface area contributed by atoms with Gasteiger partial charge in [0.15, 0.2) is 5.82 Å². The zero-order chi connectivity index (χ0) is 18.8. The molecule has 1 amide bonds. The van der Waals surface area contributed by atoms with Crippen molar-refractivity contribution >= 4 is 12.1 Å². The van der Waals surface area contributed by atoms with Gasteiger partial charge in [-0.15, -0.1) is 0 Å². The highest BCUT2D eigenvalue weighted by Gasteiger charge is 2.30. The van der Waals surface area contributed by atoms with Gasteiger partial charge in [0.2, 0.25) is 5.91 Å². The van der Waals surface area contributed by atoms with Crippen LogP contribution in [0.3, 0.4) is 0 Å². The summed E-state index contributed by atoms with van der Waals surface area (Å²) >= 11 is 0. The van der Waals surface area contributed by atoms with Gasteiger partial charge in [-0.3, -0.25) is 9.79 Å². The lowest BCUT2D eigenvalue weighted by atomic mass is 9.96. The molecule has 1 aliphatic heterocycles. The molecule has 0 atom stereocenters. The van der Waals surface area contributed by atoms with Crippen molar-refractivity contribution in [3.8, 4) is 11.5 Å². The maximum absolute atomic E-state index is 12.3. The van der Waals surface area contributed by atoms with Crippen molar-refractivity contribution in [1.29, 1.82) is 0 Å². The average Bonchev–Trinajstić information content (AvgIpc) is 3.35. The number of likely N-dealkylation sites (tertiary alicyclic amines) is 1. The maximum Gasteiger partial charge on any atom is 0.257 e. The minimum atomic E-state index is 0.264. The Morgan fingerprint density at radius 3 is 2.74 bits per heavy atom. The Balaban J connectivity index is 1.39. The van der Waals surface area contributed by atoms with E-state index in [1.54, 1.807) is 7.05 Å². The van der Waals surface area contributed by atoms with Crippen LogP contribution in [0.5, 0.6) is 0 Å². The minimum absolute atomic E-state index is 0.264. The summed E-state index contributed by atoms with van der Waals surface area (Å²) in [5.74, 6) is 2.54. The second-order valence-corrected chi connectivity index (χ2v) is 7.72. The van der Waals surface area contributed by atoms with Gasteiger partial charge in [-0.2, -0.15) is 4.98 Å². The van der Waals surface area contributed by atoms with E-state index in [0.717, 1.165) is 54.9 Å². The molecule has 4 rings (SSSR count). The van der Waals surface area contributed by atoms with Crippen molar-refractivity contribution < 1.29 is 9.32 Å². The number of hydrogen-bond donors (Lipinski definition) is 0. The predicted octanol–water partition coefficient (Wildman–Crippen LogP) is 3.60. The highest BCUT2D eigenvalue weighted by molar-refractivity contribution is 5.82. The van der Waals surface area contributed by atoms with Crippen LogP contribution < -0.4 is 0 Å². The molecule has 1 saturated carbocycles. The smallest absolute Gasteiger partial charge is 0.257 e. The number of aryl methyl sites for hydroxylation is 1. The lowest BCUT2D eigenvalue weighted by molar-refractivity contribution is -0.132. The Bertz CT molecular complexity index is 846. The van der Waals surface area contributed by atoms with Crippen molar-refractivity contribution in [3.63, 3.8) is 0 Å². The standard InChI is InChI=1S/C21H26N4O2/c1-14-11-17(5-6-18(14)13-22-2)21-23-20(24-27-21)16-7-9-25(10-8-16)19(26)12-15-3-4-15/h5-6,11,13,15-16H,3-4,7-10,12H2,1-2H3/b22-13-. The molecule has 2 fully saturated rings. The second kappa shape index (κ2) is 7.62. The van der Waals surface area contributed by atoms with Crippen LogP contribution >= 0.6 is 0 Å². The first-order valence-corrected chi connectivity index (χ1v) is 9.78. The summed E-state index contributed by atoms with van der Waals surface area (Å²) in [6, 6.07) is 6.05. The van der Waals surface area contributed by atoms with E-state index in [0.29, 0.717) is 17.7 Å². The van der Waals surface area contributed by atoms with E-state index in [9.17, 15) is 4.79 Å². The van der Waals surface area contributed by atoms with Crippen LogP contribution in [0.1, 0.15) is 55.0 Å². The quantitative estimate of drug-likeness (QED) is 0.758. The van der Waals surface area contributed by atoms with Gasteiger partial charge in [0.05, 0.1) is 0 Å². The Labute approximate surface area is 159 Å². The van der Waals surface area contributed by atoms with Crippen LogP contribution in [0.15, 0.2) is 27.7 Å². The van der Waals surface area contributed by atoms with Crippen molar-refractivity contribution in [2.24, 2.45) is 10.9 Å². The fourth-order valence-electron chi connectivity index (χ4n) is 3.70. The maximum atomic E-state index is 12.3. The molecule has 0 N–H and O–H groups in total. The van der Waals surface area contributed by atoms with E-state index < -0.39 is 0 Å². The van der Waals surface area contributed by atoms with Crippen molar-refractivity contribution in [2.45, 2.75) is 44.9 Å². The first-order valence-electron chi connectivity index (χ1n) is 9.78. The molecule has 6 heteroatoms. The van der Waals surface area contributed by atoms with Gasteiger partial charge < -0.3 is 9.42 Å². The molecule has 6 nitrogen and oxygen atoms in total. The molecule has 0 radical (unpaired) electrons. The van der Waals surface area contributed by atoms with Crippen LogP contribution in [0, 0.1) is 12.8 Å². The minimum Gasteiger partial charge on any atom is -0.343 e. The molecule has 2 heterocycles. The van der Waals surface area contributed by atoms with Crippen LogP contribution in [-0.4, -0.2) is 47.3 Å². The number of carbonyl (C=O) groups is 1.